The maximum atomic E-state index is 8.58. The molecule has 0 bridgehead atoms. The van der Waals surface area contributed by atoms with Crippen molar-refractivity contribution in [3.8, 4) is 0 Å². The van der Waals surface area contributed by atoms with Crippen molar-refractivity contribution in [2.45, 2.75) is 0 Å². The fourth-order valence-corrected chi connectivity index (χ4v) is 1.27. The highest BCUT2D eigenvalue weighted by Crippen LogP contribution is 2.13. The largest absolute Gasteiger partial charge is 0.395 e. The quantitative estimate of drug-likeness (QED) is 0.601. The van der Waals surface area contributed by atoms with Gasteiger partial charge in [-0.3, -0.25) is 0 Å². The van der Waals surface area contributed by atoms with Crippen LogP contribution in [0.25, 0.3) is 0 Å². The van der Waals surface area contributed by atoms with Crippen molar-refractivity contribution in [2.24, 2.45) is 0 Å². The van der Waals surface area contributed by atoms with Crippen LogP contribution in [0.1, 0.15) is 0 Å². The molecule has 1 rings (SSSR count). The molecule has 0 aromatic carbocycles. The topological polar surface area (TPSA) is 26.7 Å². The van der Waals surface area contributed by atoms with E-state index in [4.69, 9.17) is 5.11 Å². The van der Waals surface area contributed by atoms with Crippen molar-refractivity contribution in [1.82, 2.24) is 9.21 Å². The van der Waals surface area contributed by atoms with E-state index in [1.165, 1.54) is 0 Å². The molecule has 1 aliphatic heterocycles. The van der Waals surface area contributed by atoms with Gasteiger partial charge in [-0.05, 0) is 0 Å². The van der Waals surface area contributed by atoms with Crippen LogP contribution in [0.4, 0.5) is 0 Å². The molecule has 0 atom stereocenters. The Bertz CT molecular complexity index is 129. The molecule has 0 unspecified atom stereocenters. The third-order valence-electron chi connectivity index (χ3n) is 1.39. The van der Waals surface area contributed by atoms with Crippen LogP contribution in [0, 0.1) is 0 Å². The highest BCUT2D eigenvalue weighted by atomic mass is 32.2. The molecule has 3 nitrogen and oxygen atoms in total. The molecule has 1 aliphatic rings. The second kappa shape index (κ2) is 3.73. The lowest BCUT2D eigenvalue weighted by Gasteiger charge is -2.17. The van der Waals surface area contributed by atoms with Crippen molar-refractivity contribution in [1.29, 1.82) is 0 Å². The lowest BCUT2D eigenvalue weighted by atomic mass is 10.6. The van der Waals surface area contributed by atoms with Gasteiger partial charge in [-0.2, -0.15) is 0 Å². The van der Waals surface area contributed by atoms with E-state index >= 15 is 0 Å². The highest BCUT2D eigenvalue weighted by molar-refractivity contribution is 7.96. The summed E-state index contributed by atoms with van der Waals surface area (Å²) in [4.78, 5) is 2.07. The zero-order chi connectivity index (χ0) is 7.40. The van der Waals surface area contributed by atoms with Gasteiger partial charge < -0.3 is 14.3 Å². The highest BCUT2D eigenvalue weighted by Gasteiger charge is 2.08. The standard InChI is InChI=1S/C6H12N2OS/c1-10-8-3-2-7(6-8)4-5-9/h2-3,9H,4-6H2,1H3. The predicted molar refractivity (Wildman–Crippen MR) is 43.2 cm³/mol. The van der Waals surface area contributed by atoms with E-state index in [1.54, 1.807) is 11.9 Å². The molecule has 10 heavy (non-hydrogen) atoms. The molecule has 0 fully saturated rings. The molecule has 0 spiro atoms. The Morgan fingerprint density at radius 2 is 2.40 bits per heavy atom. The monoisotopic (exact) mass is 160 g/mol. The summed E-state index contributed by atoms with van der Waals surface area (Å²) in [7, 11) is 0. The fraction of sp³-hybridized carbons (Fsp3) is 0.667. The van der Waals surface area contributed by atoms with Gasteiger partial charge in [0.15, 0.2) is 0 Å². The Kier molecular flexibility index (Phi) is 2.89. The number of aliphatic hydroxyl groups excluding tert-OH is 1. The smallest absolute Gasteiger partial charge is 0.1000 e. The summed E-state index contributed by atoms with van der Waals surface area (Å²) >= 11 is 1.69. The van der Waals surface area contributed by atoms with Crippen molar-refractivity contribution in [3.63, 3.8) is 0 Å². The molecule has 0 saturated heterocycles. The molecule has 1 heterocycles. The van der Waals surface area contributed by atoms with Crippen LogP contribution in [0.2, 0.25) is 0 Å². The number of β-amino-alcohol motifs (C(OH)–C–C–N with tert-alkyl or cyclic N) is 1. The van der Waals surface area contributed by atoms with E-state index in [2.05, 4.69) is 9.21 Å². The van der Waals surface area contributed by atoms with Gasteiger partial charge in [-0.15, -0.1) is 0 Å². The first kappa shape index (κ1) is 7.75. The van der Waals surface area contributed by atoms with Crippen molar-refractivity contribution < 1.29 is 5.11 Å². The number of hydrogen-bond acceptors (Lipinski definition) is 4. The van der Waals surface area contributed by atoms with Gasteiger partial charge in [0.25, 0.3) is 0 Å². The van der Waals surface area contributed by atoms with E-state index in [-0.39, 0.29) is 6.61 Å². The minimum Gasteiger partial charge on any atom is -0.395 e. The van der Waals surface area contributed by atoms with Gasteiger partial charge in [0.05, 0.1) is 13.3 Å². The minimum absolute atomic E-state index is 0.229. The summed E-state index contributed by atoms with van der Waals surface area (Å²) in [6, 6.07) is 0. The van der Waals surface area contributed by atoms with Gasteiger partial charge in [0.1, 0.15) is 0 Å². The van der Waals surface area contributed by atoms with Crippen LogP contribution in [0.5, 0.6) is 0 Å². The molecule has 1 N–H and O–H groups in total. The fourth-order valence-electron chi connectivity index (χ4n) is 0.834. The van der Waals surface area contributed by atoms with E-state index < -0.39 is 0 Å². The first-order valence-corrected chi connectivity index (χ1v) is 4.39. The number of nitrogens with zero attached hydrogens (tertiary/aromatic N) is 2. The SMILES string of the molecule is CSN1C=CN(CCO)C1. The number of hydrogen-bond donors (Lipinski definition) is 1. The second-order valence-corrected chi connectivity index (χ2v) is 2.91. The van der Waals surface area contributed by atoms with Crippen LogP contribution in [-0.2, 0) is 0 Å². The molecule has 58 valence electrons. The normalized spacial score (nSPS) is 17.0. The summed E-state index contributed by atoms with van der Waals surface area (Å²) in [6.45, 7) is 1.85. The molecule has 0 saturated carbocycles. The molecule has 0 amide bonds. The molecule has 0 radical (unpaired) electrons. The second-order valence-electron chi connectivity index (χ2n) is 2.08. The predicted octanol–water partition coefficient (Wildman–Crippen LogP) is 0.303. The summed E-state index contributed by atoms with van der Waals surface area (Å²) in [5, 5.41) is 8.58. The van der Waals surface area contributed by atoms with E-state index in [0.717, 1.165) is 13.2 Å². The van der Waals surface area contributed by atoms with Crippen LogP contribution in [0.3, 0.4) is 0 Å². The van der Waals surface area contributed by atoms with Gasteiger partial charge in [0.2, 0.25) is 0 Å². The van der Waals surface area contributed by atoms with Crippen LogP contribution < -0.4 is 0 Å². The maximum Gasteiger partial charge on any atom is 0.1000 e. The van der Waals surface area contributed by atoms with Gasteiger partial charge in [0, 0.05) is 25.2 Å². The summed E-state index contributed by atoms with van der Waals surface area (Å²) in [5.41, 5.74) is 0. The molecular weight excluding hydrogens is 148 g/mol. The van der Waals surface area contributed by atoms with Crippen LogP contribution in [-0.4, -0.2) is 40.4 Å². The minimum atomic E-state index is 0.229. The molecular formula is C6H12N2OS. The lowest BCUT2D eigenvalue weighted by molar-refractivity contribution is 0.230. The van der Waals surface area contributed by atoms with Crippen LogP contribution >= 0.6 is 11.9 Å². The Balaban J connectivity index is 2.24. The number of aliphatic hydroxyl groups is 1. The average molecular weight is 160 g/mol. The third-order valence-corrected chi connectivity index (χ3v) is 2.09. The zero-order valence-corrected chi connectivity index (χ0v) is 6.84. The van der Waals surface area contributed by atoms with E-state index in [1.807, 2.05) is 18.7 Å². The first-order valence-electron chi connectivity index (χ1n) is 3.21. The first-order chi connectivity index (χ1) is 4.86. The Morgan fingerprint density at radius 1 is 1.60 bits per heavy atom. The van der Waals surface area contributed by atoms with Gasteiger partial charge >= 0.3 is 0 Å². The van der Waals surface area contributed by atoms with E-state index in [0.29, 0.717) is 0 Å². The maximum absolute atomic E-state index is 8.58. The average Bonchev–Trinajstić information content (AvgIpc) is 2.37. The Labute approximate surface area is 65.4 Å². The Hall–Kier alpha value is -0.350. The molecule has 0 aliphatic carbocycles. The summed E-state index contributed by atoms with van der Waals surface area (Å²) in [6.07, 6.45) is 6.04. The number of rotatable bonds is 3. The molecule has 0 aromatic heterocycles. The third kappa shape index (κ3) is 1.82. The molecule has 4 heteroatoms. The van der Waals surface area contributed by atoms with Crippen LogP contribution in [0.15, 0.2) is 12.4 Å². The van der Waals surface area contributed by atoms with Gasteiger partial charge in [-0.1, -0.05) is 11.9 Å². The Morgan fingerprint density at radius 3 is 2.90 bits per heavy atom. The molecule has 0 aromatic rings. The van der Waals surface area contributed by atoms with Crippen molar-refractivity contribution >= 4 is 11.9 Å². The summed E-state index contributed by atoms with van der Waals surface area (Å²) in [5.74, 6) is 0. The lowest BCUT2D eigenvalue weighted by Crippen LogP contribution is -2.23. The van der Waals surface area contributed by atoms with E-state index in [9.17, 15) is 0 Å². The van der Waals surface area contributed by atoms with Gasteiger partial charge in [-0.25, -0.2) is 0 Å². The van der Waals surface area contributed by atoms with Crippen molar-refractivity contribution in [3.05, 3.63) is 12.4 Å². The summed E-state index contributed by atoms with van der Waals surface area (Å²) < 4.78 is 2.11. The van der Waals surface area contributed by atoms with Crippen molar-refractivity contribution in [2.75, 3.05) is 26.1 Å². The zero-order valence-electron chi connectivity index (χ0n) is 6.03.